The number of hydrogen-bond acceptors (Lipinski definition) is 2. The van der Waals surface area contributed by atoms with E-state index in [4.69, 9.17) is 11.6 Å². The molecule has 7 heteroatoms. The number of carbonyl (C=O) groups excluding carboxylic acids is 2. The van der Waals surface area contributed by atoms with Gasteiger partial charge in [0.1, 0.15) is 5.82 Å². The number of hydrogen-bond donors (Lipinski definition) is 3. The van der Waals surface area contributed by atoms with Gasteiger partial charge in [0.2, 0.25) is 5.91 Å². The van der Waals surface area contributed by atoms with Gasteiger partial charge < -0.3 is 15.6 Å². The van der Waals surface area contributed by atoms with Crippen LogP contribution in [0.4, 0.5) is 4.39 Å². The second kappa shape index (κ2) is 8.22. The van der Waals surface area contributed by atoms with Crippen molar-refractivity contribution in [3.8, 4) is 0 Å². The number of carbonyl (C=O) groups is 2. The molecule has 0 radical (unpaired) electrons. The summed E-state index contributed by atoms with van der Waals surface area (Å²) in [5, 5.41) is 6.76. The van der Waals surface area contributed by atoms with Crippen molar-refractivity contribution in [3.63, 3.8) is 0 Å². The lowest BCUT2D eigenvalue weighted by molar-refractivity contribution is -0.120. The van der Waals surface area contributed by atoms with Crippen LogP contribution in [-0.2, 0) is 11.2 Å². The molecule has 0 bridgehead atoms. The molecule has 0 unspecified atom stereocenters. The second-order valence-electron chi connectivity index (χ2n) is 6.21. The number of H-pyrrole nitrogens is 1. The number of aromatic nitrogens is 1. The highest BCUT2D eigenvalue weighted by Gasteiger charge is 2.13. The molecule has 0 saturated heterocycles. The summed E-state index contributed by atoms with van der Waals surface area (Å²) in [6, 6.07) is 11.0. The van der Waals surface area contributed by atoms with Gasteiger partial charge in [-0.15, -0.1) is 0 Å². The molecule has 3 rings (SSSR count). The van der Waals surface area contributed by atoms with Crippen LogP contribution in [0.15, 0.2) is 42.5 Å². The van der Waals surface area contributed by atoms with E-state index in [2.05, 4.69) is 15.6 Å². The zero-order valence-electron chi connectivity index (χ0n) is 14.7. The highest BCUT2D eigenvalue weighted by atomic mass is 35.5. The maximum atomic E-state index is 13.5. The largest absolute Gasteiger partial charge is 0.358 e. The predicted molar refractivity (Wildman–Crippen MR) is 103 cm³/mol. The van der Waals surface area contributed by atoms with E-state index in [1.54, 1.807) is 30.3 Å². The van der Waals surface area contributed by atoms with Crippen LogP contribution in [-0.4, -0.2) is 29.9 Å². The second-order valence-corrected chi connectivity index (χ2v) is 6.64. The molecule has 0 saturated carbocycles. The van der Waals surface area contributed by atoms with Crippen LogP contribution in [0.25, 0.3) is 10.9 Å². The first-order chi connectivity index (χ1) is 12.9. The van der Waals surface area contributed by atoms with Gasteiger partial charge in [0.15, 0.2) is 0 Å². The first kappa shape index (κ1) is 18.9. The topological polar surface area (TPSA) is 74.0 Å². The third kappa shape index (κ3) is 4.65. The zero-order chi connectivity index (χ0) is 19.4. The Labute approximate surface area is 160 Å². The maximum Gasteiger partial charge on any atom is 0.251 e. The van der Waals surface area contributed by atoms with Gasteiger partial charge in [0.25, 0.3) is 5.91 Å². The van der Waals surface area contributed by atoms with Gasteiger partial charge in [-0.2, -0.15) is 0 Å². The molecule has 2 amide bonds. The van der Waals surface area contributed by atoms with E-state index in [0.717, 1.165) is 16.8 Å². The average Bonchev–Trinajstić information content (AvgIpc) is 2.94. The van der Waals surface area contributed by atoms with Crippen molar-refractivity contribution in [3.05, 3.63) is 70.1 Å². The van der Waals surface area contributed by atoms with E-state index in [-0.39, 0.29) is 24.1 Å². The van der Waals surface area contributed by atoms with E-state index < -0.39 is 0 Å². The van der Waals surface area contributed by atoms with Gasteiger partial charge in [-0.3, -0.25) is 9.59 Å². The molecule has 5 nitrogen and oxygen atoms in total. The van der Waals surface area contributed by atoms with E-state index in [0.29, 0.717) is 29.1 Å². The number of aryl methyl sites for hydroxylation is 1. The van der Waals surface area contributed by atoms with Gasteiger partial charge in [0, 0.05) is 40.3 Å². The fraction of sp³-hybridized carbons (Fsp3) is 0.200. The SMILES string of the molecule is Cc1[nH]c2ccc(F)cc2c1CC(=O)NCCNC(=O)c1ccc(Cl)cc1. The third-order valence-corrected chi connectivity index (χ3v) is 4.51. The zero-order valence-corrected chi connectivity index (χ0v) is 15.5. The van der Waals surface area contributed by atoms with Crippen molar-refractivity contribution in [1.82, 2.24) is 15.6 Å². The minimum absolute atomic E-state index is 0.139. The Morgan fingerprint density at radius 1 is 1.07 bits per heavy atom. The van der Waals surface area contributed by atoms with Gasteiger partial charge in [0.05, 0.1) is 6.42 Å². The highest BCUT2D eigenvalue weighted by Crippen LogP contribution is 2.23. The van der Waals surface area contributed by atoms with Crippen molar-refractivity contribution in [1.29, 1.82) is 0 Å². The van der Waals surface area contributed by atoms with Gasteiger partial charge >= 0.3 is 0 Å². The number of fused-ring (bicyclic) bond motifs is 1. The summed E-state index contributed by atoms with van der Waals surface area (Å²) in [6.45, 7) is 2.45. The number of benzene rings is 2. The monoisotopic (exact) mass is 387 g/mol. The molecule has 3 N–H and O–H groups in total. The summed E-state index contributed by atoms with van der Waals surface area (Å²) in [6.07, 6.45) is 0.139. The Bertz CT molecular complexity index is 983. The number of halogens is 2. The van der Waals surface area contributed by atoms with Crippen LogP contribution in [0.3, 0.4) is 0 Å². The molecule has 27 heavy (non-hydrogen) atoms. The normalized spacial score (nSPS) is 10.8. The van der Waals surface area contributed by atoms with Crippen LogP contribution in [0, 0.1) is 12.7 Å². The van der Waals surface area contributed by atoms with Crippen molar-refractivity contribution >= 4 is 34.3 Å². The maximum absolute atomic E-state index is 13.5. The summed E-state index contributed by atoms with van der Waals surface area (Å²) < 4.78 is 13.5. The van der Waals surface area contributed by atoms with Crippen LogP contribution in [0.5, 0.6) is 0 Å². The van der Waals surface area contributed by atoms with Crippen molar-refractivity contribution in [2.75, 3.05) is 13.1 Å². The molecule has 1 heterocycles. The fourth-order valence-electron chi connectivity index (χ4n) is 2.89. The molecule has 0 aliphatic carbocycles. The van der Waals surface area contributed by atoms with Crippen molar-refractivity contribution < 1.29 is 14.0 Å². The Hall–Kier alpha value is -2.86. The molecule has 0 atom stereocenters. The van der Waals surface area contributed by atoms with Gasteiger partial charge in [-0.05, 0) is 55.0 Å². The number of rotatable bonds is 6. The molecule has 0 aliphatic heterocycles. The van der Waals surface area contributed by atoms with Crippen LogP contribution < -0.4 is 10.6 Å². The molecule has 0 aliphatic rings. The lowest BCUT2D eigenvalue weighted by Gasteiger charge is -2.08. The van der Waals surface area contributed by atoms with E-state index in [1.165, 1.54) is 12.1 Å². The van der Waals surface area contributed by atoms with Crippen LogP contribution in [0.1, 0.15) is 21.6 Å². The lowest BCUT2D eigenvalue weighted by atomic mass is 10.1. The minimum atomic E-state index is -0.340. The molecule has 0 fully saturated rings. The lowest BCUT2D eigenvalue weighted by Crippen LogP contribution is -2.35. The van der Waals surface area contributed by atoms with Crippen LogP contribution >= 0.6 is 11.6 Å². The fourth-order valence-corrected chi connectivity index (χ4v) is 3.01. The molecule has 3 aromatic rings. The number of aromatic amines is 1. The third-order valence-electron chi connectivity index (χ3n) is 4.26. The Balaban J connectivity index is 1.50. The summed E-state index contributed by atoms with van der Waals surface area (Å²) >= 11 is 5.79. The van der Waals surface area contributed by atoms with Crippen molar-refractivity contribution in [2.24, 2.45) is 0 Å². The molecular formula is C20H19ClFN3O2. The quantitative estimate of drug-likeness (QED) is 0.567. The molecule has 1 aromatic heterocycles. The van der Waals surface area contributed by atoms with E-state index >= 15 is 0 Å². The first-order valence-electron chi connectivity index (χ1n) is 8.51. The summed E-state index contributed by atoms with van der Waals surface area (Å²) in [4.78, 5) is 27.3. The molecule has 0 spiro atoms. The highest BCUT2D eigenvalue weighted by molar-refractivity contribution is 6.30. The summed E-state index contributed by atoms with van der Waals surface area (Å²) in [7, 11) is 0. The van der Waals surface area contributed by atoms with Gasteiger partial charge in [-0.25, -0.2) is 4.39 Å². The summed E-state index contributed by atoms with van der Waals surface area (Å²) in [5.74, 6) is -0.763. The Kier molecular flexibility index (Phi) is 5.76. The summed E-state index contributed by atoms with van der Waals surface area (Å²) in [5.41, 5.74) is 2.91. The Morgan fingerprint density at radius 3 is 2.52 bits per heavy atom. The standard InChI is InChI=1S/C20H19ClFN3O2/c1-12-16(17-10-15(22)6-7-18(17)25-12)11-19(26)23-8-9-24-20(27)13-2-4-14(21)5-3-13/h2-7,10,25H,8-9,11H2,1H3,(H,23,26)(H,24,27). The van der Waals surface area contributed by atoms with Crippen molar-refractivity contribution in [2.45, 2.75) is 13.3 Å². The van der Waals surface area contributed by atoms with E-state index in [9.17, 15) is 14.0 Å². The first-order valence-corrected chi connectivity index (χ1v) is 8.89. The van der Waals surface area contributed by atoms with Crippen LogP contribution in [0.2, 0.25) is 5.02 Å². The predicted octanol–water partition coefficient (Wildman–Crippen LogP) is 3.36. The molecule has 2 aromatic carbocycles. The molecular weight excluding hydrogens is 369 g/mol. The smallest absolute Gasteiger partial charge is 0.251 e. The van der Waals surface area contributed by atoms with Gasteiger partial charge in [-0.1, -0.05) is 11.6 Å². The molecule has 140 valence electrons. The number of amides is 2. The average molecular weight is 388 g/mol. The number of nitrogens with one attached hydrogen (secondary N) is 3. The minimum Gasteiger partial charge on any atom is -0.358 e. The Morgan fingerprint density at radius 2 is 1.78 bits per heavy atom. The van der Waals surface area contributed by atoms with E-state index in [1.807, 2.05) is 6.92 Å².